The van der Waals surface area contributed by atoms with E-state index < -0.39 is 6.10 Å². The van der Waals surface area contributed by atoms with E-state index in [0.717, 1.165) is 11.4 Å². The highest BCUT2D eigenvalue weighted by Gasteiger charge is 2.10. The van der Waals surface area contributed by atoms with Crippen LogP contribution in [0.25, 0.3) is 0 Å². The van der Waals surface area contributed by atoms with E-state index in [1.165, 1.54) is 0 Å². The number of aliphatic hydroxyl groups excluding tert-OH is 1. The number of aliphatic hydroxyl groups is 1. The minimum Gasteiger partial charge on any atom is -0.387 e. The van der Waals surface area contributed by atoms with Gasteiger partial charge < -0.3 is 20.3 Å². The molecule has 1 aromatic carbocycles. The molecule has 2 rings (SSSR count). The molecule has 0 aliphatic carbocycles. The summed E-state index contributed by atoms with van der Waals surface area (Å²) in [6, 6.07) is 12.7. The van der Waals surface area contributed by atoms with Gasteiger partial charge in [-0.1, -0.05) is 18.2 Å². The number of rotatable bonds is 5. The molecule has 1 heterocycles. The Morgan fingerprint density at radius 3 is 2.65 bits per heavy atom. The highest BCUT2D eigenvalue weighted by atomic mass is 16.3. The molecular weight excluding hydrogens is 254 g/mol. The zero-order valence-electron chi connectivity index (χ0n) is 11.4. The van der Waals surface area contributed by atoms with Crippen molar-refractivity contribution in [3.05, 3.63) is 54.4 Å². The van der Waals surface area contributed by atoms with E-state index in [-0.39, 0.29) is 6.03 Å². The fraction of sp³-hybridized carbons (Fsp3) is 0.267. The van der Waals surface area contributed by atoms with Gasteiger partial charge in [-0.15, -0.1) is 0 Å². The van der Waals surface area contributed by atoms with Crippen LogP contribution < -0.4 is 10.6 Å². The van der Waals surface area contributed by atoms with Gasteiger partial charge in [0, 0.05) is 31.2 Å². The van der Waals surface area contributed by atoms with Crippen molar-refractivity contribution in [2.75, 3.05) is 11.9 Å². The molecule has 5 heteroatoms. The first-order chi connectivity index (χ1) is 9.66. The maximum atomic E-state index is 11.6. The number of aromatic nitrogens is 1. The maximum absolute atomic E-state index is 11.6. The minimum absolute atomic E-state index is 0.268. The number of carbonyl (C=O) groups is 1. The number of aryl methyl sites for hydroxylation is 1. The predicted octanol–water partition coefficient (Wildman–Crippen LogP) is 2.27. The molecule has 0 aliphatic rings. The van der Waals surface area contributed by atoms with Gasteiger partial charge in [0.1, 0.15) is 0 Å². The molecule has 0 unspecified atom stereocenters. The molecule has 20 heavy (non-hydrogen) atoms. The minimum atomic E-state index is -0.577. The second-order valence-corrected chi connectivity index (χ2v) is 4.60. The molecule has 3 N–H and O–H groups in total. The number of nitrogens with one attached hydrogen (secondary N) is 2. The smallest absolute Gasteiger partial charge is 0.319 e. The quantitative estimate of drug-likeness (QED) is 0.782. The van der Waals surface area contributed by atoms with Gasteiger partial charge in [0.2, 0.25) is 0 Å². The maximum Gasteiger partial charge on any atom is 0.319 e. The molecule has 0 fully saturated rings. The van der Waals surface area contributed by atoms with E-state index in [2.05, 4.69) is 10.6 Å². The average molecular weight is 273 g/mol. The fourth-order valence-corrected chi connectivity index (χ4v) is 1.99. The molecule has 0 saturated carbocycles. The van der Waals surface area contributed by atoms with Gasteiger partial charge in [-0.2, -0.15) is 0 Å². The molecule has 106 valence electrons. The van der Waals surface area contributed by atoms with E-state index >= 15 is 0 Å². The van der Waals surface area contributed by atoms with Crippen LogP contribution >= 0.6 is 0 Å². The number of nitrogens with zero attached hydrogens (tertiary/aromatic N) is 1. The normalized spacial score (nSPS) is 11.9. The van der Waals surface area contributed by atoms with E-state index in [0.29, 0.717) is 13.0 Å². The Balaban J connectivity index is 1.73. The van der Waals surface area contributed by atoms with Crippen molar-refractivity contribution in [3.8, 4) is 0 Å². The van der Waals surface area contributed by atoms with Gasteiger partial charge in [0.05, 0.1) is 6.10 Å². The van der Waals surface area contributed by atoms with Crippen LogP contribution in [0.3, 0.4) is 0 Å². The first kappa shape index (κ1) is 14.1. The molecule has 1 aromatic heterocycles. The van der Waals surface area contributed by atoms with Gasteiger partial charge in [0.25, 0.3) is 0 Å². The first-order valence-corrected chi connectivity index (χ1v) is 6.56. The van der Waals surface area contributed by atoms with Gasteiger partial charge in [-0.25, -0.2) is 4.79 Å². The van der Waals surface area contributed by atoms with Crippen molar-refractivity contribution in [1.29, 1.82) is 0 Å². The molecule has 0 radical (unpaired) electrons. The predicted molar refractivity (Wildman–Crippen MR) is 78.5 cm³/mol. The Morgan fingerprint density at radius 2 is 2.00 bits per heavy atom. The van der Waals surface area contributed by atoms with E-state index in [1.807, 2.05) is 60.3 Å². The topological polar surface area (TPSA) is 66.3 Å². The summed E-state index contributed by atoms with van der Waals surface area (Å²) in [5.41, 5.74) is 1.59. The lowest BCUT2D eigenvalue weighted by atomic mass is 10.2. The molecular formula is C15H19N3O2. The SMILES string of the molecule is Cn1cccc1[C@H](O)CCNC(=O)Nc1ccccc1. The monoisotopic (exact) mass is 273 g/mol. The van der Waals surface area contributed by atoms with Crippen LogP contribution in [0.15, 0.2) is 48.7 Å². The second kappa shape index (κ2) is 6.77. The van der Waals surface area contributed by atoms with Crippen LogP contribution in [0.5, 0.6) is 0 Å². The Kier molecular flexibility index (Phi) is 4.79. The van der Waals surface area contributed by atoms with Crippen LogP contribution in [-0.4, -0.2) is 22.2 Å². The standard InChI is InChI=1S/C15H19N3O2/c1-18-11-5-8-13(18)14(19)9-10-16-15(20)17-12-6-3-2-4-7-12/h2-8,11,14,19H,9-10H2,1H3,(H2,16,17,20)/t14-/m1/s1. The van der Waals surface area contributed by atoms with Gasteiger partial charge in [0.15, 0.2) is 0 Å². The Labute approximate surface area is 118 Å². The number of para-hydroxylation sites is 1. The van der Waals surface area contributed by atoms with Crippen molar-refractivity contribution >= 4 is 11.7 Å². The Morgan fingerprint density at radius 1 is 1.25 bits per heavy atom. The summed E-state index contributed by atoms with van der Waals surface area (Å²) < 4.78 is 1.87. The Hall–Kier alpha value is -2.27. The molecule has 2 aromatic rings. The van der Waals surface area contributed by atoms with Crippen molar-refractivity contribution in [3.63, 3.8) is 0 Å². The molecule has 1 atom stereocenters. The van der Waals surface area contributed by atoms with Gasteiger partial charge >= 0.3 is 6.03 Å². The fourth-order valence-electron chi connectivity index (χ4n) is 1.99. The molecule has 2 amide bonds. The molecule has 0 spiro atoms. The third-order valence-electron chi connectivity index (χ3n) is 3.06. The van der Waals surface area contributed by atoms with Crippen LogP contribution in [0, 0.1) is 0 Å². The van der Waals surface area contributed by atoms with Crippen molar-refractivity contribution in [1.82, 2.24) is 9.88 Å². The van der Waals surface area contributed by atoms with Gasteiger partial charge in [-0.3, -0.25) is 0 Å². The highest BCUT2D eigenvalue weighted by Crippen LogP contribution is 2.15. The summed E-state index contributed by atoms with van der Waals surface area (Å²) in [6.45, 7) is 0.408. The number of hydrogen-bond donors (Lipinski definition) is 3. The summed E-state index contributed by atoms with van der Waals surface area (Å²) in [4.78, 5) is 11.6. The number of amides is 2. The molecule has 0 bridgehead atoms. The van der Waals surface area contributed by atoms with E-state index in [9.17, 15) is 9.90 Å². The number of benzene rings is 1. The van der Waals surface area contributed by atoms with E-state index in [4.69, 9.17) is 0 Å². The zero-order valence-corrected chi connectivity index (χ0v) is 11.4. The summed E-state index contributed by atoms with van der Waals surface area (Å²) in [6.07, 6.45) is 1.78. The second-order valence-electron chi connectivity index (χ2n) is 4.60. The van der Waals surface area contributed by atoms with E-state index in [1.54, 1.807) is 0 Å². The highest BCUT2D eigenvalue weighted by molar-refractivity contribution is 5.89. The largest absolute Gasteiger partial charge is 0.387 e. The van der Waals surface area contributed by atoms with Crippen LogP contribution in [0.1, 0.15) is 18.2 Å². The van der Waals surface area contributed by atoms with Crippen LogP contribution in [0.4, 0.5) is 10.5 Å². The number of anilines is 1. The van der Waals surface area contributed by atoms with Crippen molar-refractivity contribution in [2.45, 2.75) is 12.5 Å². The van der Waals surface area contributed by atoms with Crippen molar-refractivity contribution in [2.24, 2.45) is 7.05 Å². The third kappa shape index (κ3) is 3.86. The first-order valence-electron chi connectivity index (χ1n) is 6.56. The van der Waals surface area contributed by atoms with Crippen LogP contribution in [-0.2, 0) is 7.05 Å². The molecule has 5 nitrogen and oxygen atoms in total. The lowest BCUT2D eigenvalue weighted by Crippen LogP contribution is -2.30. The van der Waals surface area contributed by atoms with Gasteiger partial charge in [-0.05, 0) is 30.7 Å². The third-order valence-corrected chi connectivity index (χ3v) is 3.06. The number of carbonyl (C=O) groups excluding carboxylic acids is 1. The lowest BCUT2D eigenvalue weighted by molar-refractivity contribution is 0.159. The number of urea groups is 1. The summed E-state index contributed by atoms with van der Waals surface area (Å²) in [5, 5.41) is 15.4. The van der Waals surface area contributed by atoms with Crippen molar-refractivity contribution < 1.29 is 9.90 Å². The molecule has 0 aliphatic heterocycles. The lowest BCUT2D eigenvalue weighted by Gasteiger charge is -2.13. The molecule has 0 saturated heterocycles. The van der Waals surface area contributed by atoms with Crippen LogP contribution in [0.2, 0.25) is 0 Å². The number of hydrogen-bond acceptors (Lipinski definition) is 2. The Bertz CT molecular complexity index is 551. The zero-order chi connectivity index (χ0) is 14.4. The summed E-state index contributed by atoms with van der Waals surface area (Å²) >= 11 is 0. The average Bonchev–Trinajstić information content (AvgIpc) is 2.86. The summed E-state index contributed by atoms with van der Waals surface area (Å²) in [7, 11) is 1.88. The summed E-state index contributed by atoms with van der Waals surface area (Å²) in [5.74, 6) is 0.